The molecule has 9 heteroatoms. The molecule has 2 unspecified atom stereocenters. The highest BCUT2D eigenvalue weighted by Gasteiger charge is 2.44. The fraction of sp³-hybridized carbons (Fsp3) is 0.930. The maximum absolute atomic E-state index is 12.9. The van der Waals surface area contributed by atoms with Gasteiger partial charge in [-0.15, -0.1) is 0 Å². The molecule has 1 fully saturated rings. The summed E-state index contributed by atoms with van der Waals surface area (Å²) in [6, 6.07) is -0.797. The summed E-state index contributed by atoms with van der Waals surface area (Å²) in [4.78, 5) is 12.9. The minimum absolute atomic E-state index is 0.176. The van der Waals surface area contributed by atoms with Crippen LogP contribution in [0.25, 0.3) is 0 Å². The molecule has 7 atom stereocenters. The van der Waals surface area contributed by atoms with Crippen LogP contribution in [0.1, 0.15) is 200 Å². The second kappa shape index (κ2) is 34.4. The average molecular weight is 742 g/mol. The maximum atomic E-state index is 12.9. The number of hydrogen-bond donors (Lipinski definition) is 6. The van der Waals surface area contributed by atoms with Crippen LogP contribution in [0, 0.1) is 0 Å². The topological polar surface area (TPSA) is 149 Å². The highest BCUT2D eigenvalue weighted by atomic mass is 16.7. The lowest BCUT2D eigenvalue weighted by molar-refractivity contribution is -0.302. The first-order valence-corrected chi connectivity index (χ1v) is 21.9. The summed E-state index contributed by atoms with van der Waals surface area (Å²) in [7, 11) is 0. The van der Waals surface area contributed by atoms with Gasteiger partial charge >= 0.3 is 0 Å². The Kier molecular flexibility index (Phi) is 32.4. The Labute approximate surface area is 318 Å². The number of rotatable bonds is 36. The van der Waals surface area contributed by atoms with Crippen LogP contribution in [0.2, 0.25) is 0 Å². The van der Waals surface area contributed by atoms with E-state index in [0.717, 1.165) is 38.5 Å². The van der Waals surface area contributed by atoms with Crippen molar-refractivity contribution in [2.24, 2.45) is 0 Å². The number of nitrogens with one attached hydrogen (secondary N) is 1. The standard InChI is InChI=1S/C43H83NO8/c1-3-5-7-9-11-13-15-17-18-19-21-22-24-26-28-30-32-37(46)36(35-51-43-42(50)41(49)40(48)38(34-45)52-43)44-39(47)33-31-29-27-25-23-20-16-14-12-10-8-6-4-2/h30,32,36-38,40-43,45-46,48-50H,3-29,31,33-35H2,1-2H3,(H,44,47)/b32-30+/t36-,37+,38+,40+,41?,42?,43+/m0/s1. The van der Waals surface area contributed by atoms with Gasteiger partial charge in [-0.1, -0.05) is 187 Å². The number of carbonyl (C=O) groups is 1. The largest absolute Gasteiger partial charge is 0.394 e. The third-order valence-electron chi connectivity index (χ3n) is 10.6. The lowest BCUT2D eigenvalue weighted by Crippen LogP contribution is -2.60. The lowest BCUT2D eigenvalue weighted by Gasteiger charge is -2.40. The van der Waals surface area contributed by atoms with E-state index in [0.29, 0.717) is 6.42 Å². The van der Waals surface area contributed by atoms with Crippen LogP contribution in [-0.2, 0) is 14.3 Å². The van der Waals surface area contributed by atoms with Crippen molar-refractivity contribution in [2.45, 2.75) is 243 Å². The van der Waals surface area contributed by atoms with E-state index in [1.807, 2.05) is 6.08 Å². The minimum Gasteiger partial charge on any atom is -0.394 e. The van der Waals surface area contributed by atoms with E-state index < -0.39 is 49.5 Å². The molecule has 0 saturated carbocycles. The molecule has 0 aliphatic carbocycles. The molecule has 1 saturated heterocycles. The van der Waals surface area contributed by atoms with Crippen molar-refractivity contribution < 1.29 is 39.8 Å². The number of amides is 1. The van der Waals surface area contributed by atoms with Crippen LogP contribution in [0.3, 0.4) is 0 Å². The van der Waals surface area contributed by atoms with Crippen LogP contribution in [0.15, 0.2) is 12.2 Å². The SMILES string of the molecule is CCCCCCCCCCCCCCCC/C=C/[C@@H](O)[C@H](CO[C@@H]1O[C@H](CO)[C@@H](O)C(O)C1O)NC(=O)CCCCCCCCCCCCCCC. The van der Waals surface area contributed by atoms with E-state index in [2.05, 4.69) is 19.2 Å². The van der Waals surface area contributed by atoms with Gasteiger partial charge in [0, 0.05) is 6.42 Å². The zero-order valence-electron chi connectivity index (χ0n) is 33.6. The number of allylic oxidation sites excluding steroid dienone is 1. The fourth-order valence-electron chi connectivity index (χ4n) is 7.04. The molecule has 308 valence electrons. The maximum Gasteiger partial charge on any atom is 0.220 e. The molecule has 1 rings (SSSR count). The van der Waals surface area contributed by atoms with Gasteiger partial charge in [-0.25, -0.2) is 0 Å². The van der Waals surface area contributed by atoms with E-state index in [9.17, 15) is 30.3 Å². The van der Waals surface area contributed by atoms with Crippen molar-refractivity contribution >= 4 is 5.91 Å². The molecule has 0 bridgehead atoms. The first-order valence-electron chi connectivity index (χ1n) is 21.9. The first-order chi connectivity index (χ1) is 25.3. The predicted octanol–water partition coefficient (Wildman–Crippen LogP) is 8.56. The number of ether oxygens (including phenoxy) is 2. The van der Waals surface area contributed by atoms with Gasteiger partial charge in [0.05, 0.1) is 25.4 Å². The smallest absolute Gasteiger partial charge is 0.220 e. The molecule has 0 aromatic carbocycles. The lowest BCUT2D eigenvalue weighted by atomic mass is 9.99. The molecule has 1 amide bonds. The summed E-state index contributed by atoms with van der Waals surface area (Å²) in [5.41, 5.74) is 0. The van der Waals surface area contributed by atoms with Crippen molar-refractivity contribution in [3.63, 3.8) is 0 Å². The van der Waals surface area contributed by atoms with Crippen LogP contribution in [0.4, 0.5) is 0 Å². The number of carbonyl (C=O) groups excluding carboxylic acids is 1. The summed E-state index contributed by atoms with van der Waals surface area (Å²) in [6.07, 6.45) is 31.0. The zero-order valence-corrected chi connectivity index (χ0v) is 33.6. The van der Waals surface area contributed by atoms with Gasteiger partial charge in [0.25, 0.3) is 0 Å². The average Bonchev–Trinajstić information content (AvgIpc) is 3.14. The second-order valence-corrected chi connectivity index (χ2v) is 15.5. The van der Waals surface area contributed by atoms with Crippen LogP contribution >= 0.6 is 0 Å². The summed E-state index contributed by atoms with van der Waals surface area (Å²) in [5, 5.41) is 54.1. The molecule has 6 N–H and O–H groups in total. The third kappa shape index (κ3) is 25.1. The van der Waals surface area contributed by atoms with E-state index in [4.69, 9.17) is 9.47 Å². The number of aliphatic hydroxyl groups is 5. The molecule has 52 heavy (non-hydrogen) atoms. The molecule has 0 spiro atoms. The van der Waals surface area contributed by atoms with Gasteiger partial charge in [-0.05, 0) is 19.3 Å². The second-order valence-electron chi connectivity index (χ2n) is 15.5. The highest BCUT2D eigenvalue weighted by Crippen LogP contribution is 2.22. The molecule has 9 nitrogen and oxygen atoms in total. The zero-order chi connectivity index (χ0) is 38.1. The monoisotopic (exact) mass is 742 g/mol. The van der Waals surface area contributed by atoms with Gasteiger partial charge in [0.1, 0.15) is 24.4 Å². The molecule has 1 heterocycles. The van der Waals surface area contributed by atoms with Crippen molar-refractivity contribution in [2.75, 3.05) is 13.2 Å². The van der Waals surface area contributed by atoms with E-state index in [1.54, 1.807) is 6.08 Å². The highest BCUT2D eigenvalue weighted by molar-refractivity contribution is 5.76. The molecule has 0 aromatic heterocycles. The third-order valence-corrected chi connectivity index (χ3v) is 10.6. The fourth-order valence-corrected chi connectivity index (χ4v) is 7.04. The number of hydrogen-bond acceptors (Lipinski definition) is 8. The molecule has 1 aliphatic rings. The Morgan fingerprint density at radius 1 is 0.635 bits per heavy atom. The van der Waals surface area contributed by atoms with Gasteiger partial charge < -0.3 is 40.3 Å². The summed E-state index contributed by atoms with van der Waals surface area (Å²) in [6.45, 7) is 3.77. The van der Waals surface area contributed by atoms with E-state index >= 15 is 0 Å². The summed E-state index contributed by atoms with van der Waals surface area (Å²) in [5.74, 6) is -0.176. The van der Waals surface area contributed by atoms with Crippen LogP contribution in [0.5, 0.6) is 0 Å². The molecular formula is C43H83NO8. The summed E-state index contributed by atoms with van der Waals surface area (Å²) < 4.78 is 11.2. The Hall–Kier alpha value is -1.07. The van der Waals surface area contributed by atoms with Gasteiger partial charge in [0.15, 0.2) is 6.29 Å². The van der Waals surface area contributed by atoms with Crippen molar-refractivity contribution in [1.82, 2.24) is 5.32 Å². The van der Waals surface area contributed by atoms with Crippen LogP contribution in [-0.4, -0.2) is 87.5 Å². The van der Waals surface area contributed by atoms with Gasteiger partial charge in [-0.2, -0.15) is 0 Å². The number of unbranched alkanes of at least 4 members (excludes halogenated alkanes) is 26. The van der Waals surface area contributed by atoms with E-state index in [-0.39, 0.29) is 12.5 Å². The van der Waals surface area contributed by atoms with Crippen molar-refractivity contribution in [1.29, 1.82) is 0 Å². The minimum atomic E-state index is -1.56. The first kappa shape index (κ1) is 48.9. The van der Waals surface area contributed by atoms with E-state index in [1.165, 1.54) is 141 Å². The molecule has 1 aliphatic heterocycles. The van der Waals surface area contributed by atoms with Crippen molar-refractivity contribution in [3.8, 4) is 0 Å². The Balaban J connectivity index is 2.39. The van der Waals surface area contributed by atoms with Gasteiger partial charge in [-0.3, -0.25) is 4.79 Å². The quantitative estimate of drug-likeness (QED) is 0.0277. The Bertz CT molecular complexity index is 827. The normalized spacial score (nSPS) is 21.9. The number of aliphatic hydroxyl groups excluding tert-OH is 5. The molecular weight excluding hydrogens is 658 g/mol. The predicted molar refractivity (Wildman–Crippen MR) is 212 cm³/mol. The Morgan fingerprint density at radius 2 is 1.06 bits per heavy atom. The van der Waals surface area contributed by atoms with Gasteiger partial charge in [0.2, 0.25) is 5.91 Å². The molecule has 0 radical (unpaired) electrons. The Morgan fingerprint density at radius 3 is 1.50 bits per heavy atom. The molecule has 0 aromatic rings. The van der Waals surface area contributed by atoms with Crippen molar-refractivity contribution in [3.05, 3.63) is 12.2 Å². The summed E-state index contributed by atoms with van der Waals surface area (Å²) >= 11 is 0. The van der Waals surface area contributed by atoms with Crippen LogP contribution < -0.4 is 5.32 Å².